The lowest BCUT2D eigenvalue weighted by Crippen LogP contribution is -2.53. The monoisotopic (exact) mass is 511 g/mol. The Labute approximate surface area is 205 Å². The van der Waals surface area contributed by atoms with Crippen LogP contribution in [0.15, 0.2) is 48.5 Å². The van der Waals surface area contributed by atoms with Crippen LogP contribution < -0.4 is 9.62 Å². The Hall–Kier alpha value is -2.65. The zero-order valence-corrected chi connectivity index (χ0v) is 21.4. The van der Waals surface area contributed by atoms with Crippen LogP contribution in [0.4, 0.5) is 10.1 Å². The number of sulfonamides is 1. The number of benzene rings is 2. The zero-order valence-electron chi connectivity index (χ0n) is 19.8. The molecule has 0 spiro atoms. The average molecular weight is 512 g/mol. The maximum atomic E-state index is 14.4. The van der Waals surface area contributed by atoms with E-state index in [0.29, 0.717) is 23.4 Å². The summed E-state index contributed by atoms with van der Waals surface area (Å²) in [6.07, 6.45) is 1.92. The summed E-state index contributed by atoms with van der Waals surface area (Å²) in [5, 5.41) is 3.41. The van der Waals surface area contributed by atoms with Crippen molar-refractivity contribution in [3.8, 4) is 0 Å². The second-order valence-corrected chi connectivity index (χ2v) is 10.5. The van der Waals surface area contributed by atoms with Crippen molar-refractivity contribution in [2.24, 2.45) is 0 Å². The van der Waals surface area contributed by atoms with Crippen molar-refractivity contribution < 1.29 is 22.4 Å². The Balaban J connectivity index is 2.44. The van der Waals surface area contributed by atoms with Gasteiger partial charge in [0.05, 0.1) is 11.9 Å². The number of para-hydroxylation sites is 1. The van der Waals surface area contributed by atoms with Gasteiger partial charge in [-0.3, -0.25) is 13.9 Å². The van der Waals surface area contributed by atoms with Gasteiger partial charge in [0, 0.05) is 17.6 Å². The minimum absolute atomic E-state index is 0.0529. The van der Waals surface area contributed by atoms with Gasteiger partial charge >= 0.3 is 0 Å². The standard InChI is InChI=1S/C24H31ClFN3O4S/c1-5-17(3)27-24(31)21(6-2)28(15-18-11-13-19(25)14-12-18)23(30)16-29(34(4,32)33)22-10-8-7-9-20(22)26/h7-14,17,21H,5-6,15-16H2,1-4H3,(H,27,31)/t17-,21-/m1/s1. The Kier molecular flexibility index (Phi) is 9.88. The Morgan fingerprint density at radius 3 is 2.21 bits per heavy atom. The SMILES string of the molecule is CC[C@@H](C)NC(=O)[C@@H](CC)N(Cc1ccc(Cl)cc1)C(=O)CN(c1ccccc1F)S(C)(=O)=O. The van der Waals surface area contributed by atoms with Gasteiger partial charge in [0.25, 0.3) is 0 Å². The molecule has 0 bridgehead atoms. The third kappa shape index (κ3) is 7.43. The number of carbonyl (C=O) groups excluding carboxylic acids is 2. The van der Waals surface area contributed by atoms with E-state index < -0.39 is 34.3 Å². The minimum atomic E-state index is -4.00. The van der Waals surface area contributed by atoms with E-state index in [2.05, 4.69) is 5.32 Å². The summed E-state index contributed by atoms with van der Waals surface area (Å²) in [5.74, 6) is -1.74. The van der Waals surface area contributed by atoms with Gasteiger partial charge in [-0.05, 0) is 49.6 Å². The highest BCUT2D eigenvalue weighted by Gasteiger charge is 2.32. The van der Waals surface area contributed by atoms with E-state index in [0.717, 1.165) is 16.6 Å². The molecule has 2 aromatic carbocycles. The molecule has 0 aromatic heterocycles. The smallest absolute Gasteiger partial charge is 0.244 e. The molecule has 2 amide bonds. The number of nitrogens with zero attached hydrogens (tertiary/aromatic N) is 2. The highest BCUT2D eigenvalue weighted by atomic mass is 35.5. The third-order valence-corrected chi connectivity index (χ3v) is 6.83. The molecule has 34 heavy (non-hydrogen) atoms. The summed E-state index contributed by atoms with van der Waals surface area (Å²) < 4.78 is 40.1. The first-order valence-electron chi connectivity index (χ1n) is 11.0. The zero-order chi connectivity index (χ0) is 25.5. The first-order valence-corrected chi connectivity index (χ1v) is 13.3. The molecular formula is C24H31ClFN3O4S. The van der Waals surface area contributed by atoms with Crippen LogP contribution >= 0.6 is 11.6 Å². The molecule has 0 aliphatic rings. The quantitative estimate of drug-likeness (QED) is 0.494. The second-order valence-electron chi connectivity index (χ2n) is 8.11. The van der Waals surface area contributed by atoms with Crippen LogP contribution in [0.3, 0.4) is 0 Å². The highest BCUT2D eigenvalue weighted by Crippen LogP contribution is 2.23. The fraction of sp³-hybridized carbons (Fsp3) is 0.417. The maximum Gasteiger partial charge on any atom is 0.244 e. The Morgan fingerprint density at radius 1 is 1.06 bits per heavy atom. The van der Waals surface area contributed by atoms with Crippen molar-refractivity contribution in [3.05, 3.63) is 64.9 Å². The molecule has 0 fully saturated rings. The molecule has 7 nitrogen and oxygen atoms in total. The van der Waals surface area contributed by atoms with Gasteiger partial charge in [0.2, 0.25) is 21.8 Å². The summed E-state index contributed by atoms with van der Waals surface area (Å²) in [5.41, 5.74) is 0.478. The highest BCUT2D eigenvalue weighted by molar-refractivity contribution is 7.92. The first kappa shape index (κ1) is 27.6. The topological polar surface area (TPSA) is 86.8 Å². The molecule has 186 valence electrons. The van der Waals surface area contributed by atoms with E-state index in [1.165, 1.54) is 23.1 Å². The molecule has 0 saturated carbocycles. The van der Waals surface area contributed by atoms with E-state index in [9.17, 15) is 22.4 Å². The van der Waals surface area contributed by atoms with Crippen LogP contribution in [0.25, 0.3) is 0 Å². The number of halogens is 2. The van der Waals surface area contributed by atoms with E-state index in [-0.39, 0.29) is 24.2 Å². The molecule has 2 atom stereocenters. The first-order chi connectivity index (χ1) is 16.0. The number of hydrogen-bond donors (Lipinski definition) is 1. The molecule has 0 aliphatic carbocycles. The lowest BCUT2D eigenvalue weighted by Gasteiger charge is -2.33. The molecule has 10 heteroatoms. The molecule has 0 unspecified atom stereocenters. The van der Waals surface area contributed by atoms with Crippen LogP contribution in [-0.2, 0) is 26.2 Å². The molecule has 2 aromatic rings. The van der Waals surface area contributed by atoms with Crippen molar-refractivity contribution in [3.63, 3.8) is 0 Å². The fourth-order valence-electron chi connectivity index (χ4n) is 3.40. The van der Waals surface area contributed by atoms with Gasteiger partial charge in [0.1, 0.15) is 18.4 Å². The van der Waals surface area contributed by atoms with Gasteiger partial charge in [-0.15, -0.1) is 0 Å². The molecule has 2 rings (SSSR count). The van der Waals surface area contributed by atoms with Crippen LogP contribution in [-0.4, -0.2) is 50.0 Å². The average Bonchev–Trinajstić information content (AvgIpc) is 2.78. The number of amides is 2. The van der Waals surface area contributed by atoms with Crippen molar-refractivity contribution >= 4 is 39.1 Å². The number of anilines is 1. The molecule has 0 heterocycles. The van der Waals surface area contributed by atoms with Gasteiger partial charge in [-0.25, -0.2) is 12.8 Å². The largest absolute Gasteiger partial charge is 0.352 e. The molecule has 0 radical (unpaired) electrons. The van der Waals surface area contributed by atoms with Crippen molar-refractivity contribution in [2.75, 3.05) is 17.1 Å². The summed E-state index contributed by atoms with van der Waals surface area (Å²) in [6, 6.07) is 11.2. The van der Waals surface area contributed by atoms with Gasteiger partial charge < -0.3 is 10.2 Å². The van der Waals surface area contributed by atoms with Crippen LogP contribution in [0.2, 0.25) is 5.02 Å². The third-order valence-electron chi connectivity index (χ3n) is 5.45. The maximum absolute atomic E-state index is 14.4. The molecule has 0 saturated heterocycles. The number of nitrogens with one attached hydrogen (secondary N) is 1. The lowest BCUT2D eigenvalue weighted by atomic mass is 10.1. The van der Waals surface area contributed by atoms with Crippen molar-refractivity contribution in [2.45, 2.75) is 52.2 Å². The summed E-state index contributed by atoms with van der Waals surface area (Å²) >= 11 is 5.97. The van der Waals surface area contributed by atoms with Crippen LogP contribution in [0, 0.1) is 5.82 Å². The van der Waals surface area contributed by atoms with E-state index in [1.807, 2.05) is 13.8 Å². The lowest BCUT2D eigenvalue weighted by molar-refractivity contribution is -0.140. The van der Waals surface area contributed by atoms with Gasteiger partial charge in [0.15, 0.2) is 0 Å². The normalized spacial score (nSPS) is 13.1. The summed E-state index contributed by atoms with van der Waals surface area (Å²) in [4.78, 5) is 27.9. The molecule has 0 aliphatic heterocycles. The summed E-state index contributed by atoms with van der Waals surface area (Å²) in [7, 11) is -4.00. The minimum Gasteiger partial charge on any atom is -0.352 e. The Morgan fingerprint density at radius 2 is 1.68 bits per heavy atom. The van der Waals surface area contributed by atoms with Crippen LogP contribution in [0.5, 0.6) is 0 Å². The van der Waals surface area contributed by atoms with E-state index in [1.54, 1.807) is 31.2 Å². The van der Waals surface area contributed by atoms with Crippen molar-refractivity contribution in [1.82, 2.24) is 10.2 Å². The second kappa shape index (κ2) is 12.2. The predicted octanol–water partition coefficient (Wildman–Crippen LogP) is 3.97. The fourth-order valence-corrected chi connectivity index (χ4v) is 4.37. The van der Waals surface area contributed by atoms with Crippen LogP contribution in [0.1, 0.15) is 39.2 Å². The van der Waals surface area contributed by atoms with E-state index in [4.69, 9.17) is 11.6 Å². The number of carbonyl (C=O) groups is 2. The van der Waals surface area contributed by atoms with Crippen molar-refractivity contribution in [1.29, 1.82) is 0 Å². The Bertz CT molecular complexity index is 1100. The molecule has 1 N–H and O–H groups in total. The number of rotatable bonds is 11. The van der Waals surface area contributed by atoms with Gasteiger partial charge in [-0.2, -0.15) is 0 Å². The molecular weight excluding hydrogens is 481 g/mol. The number of hydrogen-bond acceptors (Lipinski definition) is 4. The summed E-state index contributed by atoms with van der Waals surface area (Å²) in [6.45, 7) is 4.96. The van der Waals surface area contributed by atoms with Gasteiger partial charge in [-0.1, -0.05) is 49.7 Å². The van der Waals surface area contributed by atoms with E-state index >= 15 is 0 Å². The predicted molar refractivity (Wildman–Crippen MR) is 133 cm³/mol.